The van der Waals surface area contributed by atoms with Crippen LogP contribution in [0.1, 0.15) is 12.5 Å². The fourth-order valence-corrected chi connectivity index (χ4v) is 1.51. The molecule has 0 aliphatic rings. The SMILES string of the molecule is CCN(C)c1cc(Br)ccc1C. The molecule has 0 atom stereocenters. The van der Waals surface area contributed by atoms with E-state index in [0.717, 1.165) is 11.0 Å². The first kappa shape index (κ1) is 9.59. The van der Waals surface area contributed by atoms with Gasteiger partial charge in [-0.05, 0) is 31.5 Å². The van der Waals surface area contributed by atoms with Gasteiger partial charge >= 0.3 is 0 Å². The van der Waals surface area contributed by atoms with Crippen LogP contribution in [0.4, 0.5) is 5.69 Å². The standard InChI is InChI=1S/C10H14BrN/c1-4-12(3)10-7-9(11)6-5-8(10)2/h5-7H,4H2,1-3H3. The van der Waals surface area contributed by atoms with E-state index in [9.17, 15) is 0 Å². The highest BCUT2D eigenvalue weighted by atomic mass is 79.9. The summed E-state index contributed by atoms with van der Waals surface area (Å²) in [6, 6.07) is 6.35. The van der Waals surface area contributed by atoms with E-state index in [1.165, 1.54) is 11.3 Å². The molecule has 1 nitrogen and oxygen atoms in total. The van der Waals surface area contributed by atoms with Crippen molar-refractivity contribution in [2.24, 2.45) is 0 Å². The van der Waals surface area contributed by atoms with Gasteiger partial charge in [0.2, 0.25) is 0 Å². The van der Waals surface area contributed by atoms with Gasteiger partial charge in [-0.25, -0.2) is 0 Å². The van der Waals surface area contributed by atoms with Gasteiger partial charge < -0.3 is 4.90 Å². The van der Waals surface area contributed by atoms with Crippen LogP contribution in [-0.2, 0) is 0 Å². The molecular weight excluding hydrogens is 214 g/mol. The molecule has 0 aromatic heterocycles. The number of aryl methyl sites for hydroxylation is 1. The molecule has 1 aromatic carbocycles. The van der Waals surface area contributed by atoms with Crippen LogP contribution in [0, 0.1) is 6.92 Å². The van der Waals surface area contributed by atoms with Gasteiger partial charge in [0.15, 0.2) is 0 Å². The summed E-state index contributed by atoms with van der Waals surface area (Å²) >= 11 is 3.47. The van der Waals surface area contributed by atoms with Crippen molar-refractivity contribution in [2.45, 2.75) is 13.8 Å². The van der Waals surface area contributed by atoms with Gasteiger partial charge in [0, 0.05) is 23.8 Å². The first-order chi connectivity index (χ1) is 5.65. The van der Waals surface area contributed by atoms with E-state index in [1.54, 1.807) is 0 Å². The van der Waals surface area contributed by atoms with Gasteiger partial charge in [-0.1, -0.05) is 22.0 Å². The predicted molar refractivity (Wildman–Crippen MR) is 57.8 cm³/mol. The average molecular weight is 228 g/mol. The fourth-order valence-electron chi connectivity index (χ4n) is 1.16. The number of hydrogen-bond acceptors (Lipinski definition) is 1. The molecule has 0 heterocycles. The Hall–Kier alpha value is -0.500. The van der Waals surface area contributed by atoms with E-state index in [1.807, 2.05) is 0 Å². The average Bonchev–Trinajstić information content (AvgIpc) is 2.08. The zero-order chi connectivity index (χ0) is 9.14. The number of anilines is 1. The Bertz CT molecular complexity index is 271. The van der Waals surface area contributed by atoms with E-state index >= 15 is 0 Å². The van der Waals surface area contributed by atoms with Crippen LogP contribution in [0.2, 0.25) is 0 Å². The minimum absolute atomic E-state index is 1.04. The molecule has 1 rings (SSSR count). The van der Waals surface area contributed by atoms with Gasteiger partial charge in [-0.2, -0.15) is 0 Å². The van der Waals surface area contributed by atoms with Crippen LogP contribution >= 0.6 is 15.9 Å². The Kier molecular flexibility index (Phi) is 3.15. The number of nitrogens with zero attached hydrogens (tertiary/aromatic N) is 1. The Balaban J connectivity index is 3.04. The van der Waals surface area contributed by atoms with Crippen LogP contribution in [0.25, 0.3) is 0 Å². The molecule has 0 saturated heterocycles. The molecule has 0 bridgehead atoms. The first-order valence-electron chi connectivity index (χ1n) is 4.12. The maximum absolute atomic E-state index is 3.47. The summed E-state index contributed by atoms with van der Waals surface area (Å²) in [7, 11) is 2.11. The van der Waals surface area contributed by atoms with E-state index < -0.39 is 0 Å². The van der Waals surface area contributed by atoms with Gasteiger partial charge in [0.25, 0.3) is 0 Å². The summed E-state index contributed by atoms with van der Waals surface area (Å²) in [6.07, 6.45) is 0. The van der Waals surface area contributed by atoms with Crippen molar-refractivity contribution >= 4 is 21.6 Å². The second-order valence-electron chi connectivity index (χ2n) is 2.94. The van der Waals surface area contributed by atoms with Crippen molar-refractivity contribution in [1.29, 1.82) is 0 Å². The zero-order valence-electron chi connectivity index (χ0n) is 7.76. The summed E-state index contributed by atoms with van der Waals surface area (Å²) in [6.45, 7) is 5.32. The lowest BCUT2D eigenvalue weighted by Gasteiger charge is -2.19. The molecule has 0 fully saturated rings. The monoisotopic (exact) mass is 227 g/mol. The van der Waals surface area contributed by atoms with Crippen molar-refractivity contribution < 1.29 is 0 Å². The van der Waals surface area contributed by atoms with Crippen molar-refractivity contribution in [1.82, 2.24) is 0 Å². The smallest absolute Gasteiger partial charge is 0.0404 e. The molecule has 2 heteroatoms. The molecule has 1 aromatic rings. The van der Waals surface area contributed by atoms with Crippen molar-refractivity contribution in [2.75, 3.05) is 18.5 Å². The normalized spacial score (nSPS) is 10.0. The lowest BCUT2D eigenvalue weighted by Crippen LogP contribution is -2.16. The number of hydrogen-bond donors (Lipinski definition) is 0. The molecular formula is C10H14BrN. The quantitative estimate of drug-likeness (QED) is 0.751. The maximum atomic E-state index is 3.47. The van der Waals surface area contributed by atoms with Gasteiger partial charge in [0.1, 0.15) is 0 Å². The highest BCUT2D eigenvalue weighted by Gasteiger charge is 2.01. The third-order valence-corrected chi connectivity index (χ3v) is 2.55. The fraction of sp³-hybridized carbons (Fsp3) is 0.400. The molecule has 0 spiro atoms. The highest BCUT2D eigenvalue weighted by molar-refractivity contribution is 9.10. The summed E-state index contributed by atoms with van der Waals surface area (Å²) in [5.74, 6) is 0. The Labute approximate surface area is 82.5 Å². The third-order valence-electron chi connectivity index (χ3n) is 2.06. The van der Waals surface area contributed by atoms with E-state index in [4.69, 9.17) is 0 Å². The van der Waals surface area contributed by atoms with Crippen molar-refractivity contribution in [3.8, 4) is 0 Å². The van der Waals surface area contributed by atoms with E-state index in [2.05, 4.69) is 59.9 Å². The highest BCUT2D eigenvalue weighted by Crippen LogP contribution is 2.23. The lowest BCUT2D eigenvalue weighted by molar-refractivity contribution is 0.960. The lowest BCUT2D eigenvalue weighted by atomic mass is 10.2. The van der Waals surface area contributed by atoms with Crippen LogP contribution < -0.4 is 4.90 Å². The molecule has 0 N–H and O–H groups in total. The van der Waals surface area contributed by atoms with Crippen LogP contribution in [0.3, 0.4) is 0 Å². The molecule has 0 aliphatic heterocycles. The van der Waals surface area contributed by atoms with Crippen LogP contribution in [-0.4, -0.2) is 13.6 Å². The molecule has 0 aliphatic carbocycles. The molecule has 0 saturated carbocycles. The van der Waals surface area contributed by atoms with Crippen LogP contribution in [0.5, 0.6) is 0 Å². The predicted octanol–water partition coefficient (Wildman–Crippen LogP) is 3.21. The molecule has 66 valence electrons. The second kappa shape index (κ2) is 3.94. The van der Waals surface area contributed by atoms with E-state index in [-0.39, 0.29) is 0 Å². The summed E-state index contributed by atoms with van der Waals surface area (Å²) in [5, 5.41) is 0. The number of benzene rings is 1. The number of halogens is 1. The molecule has 12 heavy (non-hydrogen) atoms. The van der Waals surface area contributed by atoms with Crippen molar-refractivity contribution in [3.63, 3.8) is 0 Å². The molecule has 0 amide bonds. The topological polar surface area (TPSA) is 3.24 Å². The second-order valence-corrected chi connectivity index (χ2v) is 3.86. The Morgan fingerprint density at radius 2 is 2.08 bits per heavy atom. The summed E-state index contributed by atoms with van der Waals surface area (Å²) in [5.41, 5.74) is 2.62. The largest absolute Gasteiger partial charge is 0.375 e. The van der Waals surface area contributed by atoms with Gasteiger partial charge in [0.05, 0.1) is 0 Å². The number of rotatable bonds is 2. The maximum Gasteiger partial charge on any atom is 0.0404 e. The van der Waals surface area contributed by atoms with Crippen molar-refractivity contribution in [3.05, 3.63) is 28.2 Å². The van der Waals surface area contributed by atoms with Gasteiger partial charge in [-0.3, -0.25) is 0 Å². The Morgan fingerprint density at radius 3 is 2.67 bits per heavy atom. The minimum atomic E-state index is 1.04. The first-order valence-corrected chi connectivity index (χ1v) is 4.91. The molecule has 0 radical (unpaired) electrons. The summed E-state index contributed by atoms with van der Waals surface area (Å²) in [4.78, 5) is 2.24. The Morgan fingerprint density at radius 1 is 1.42 bits per heavy atom. The summed E-state index contributed by atoms with van der Waals surface area (Å²) < 4.78 is 1.14. The minimum Gasteiger partial charge on any atom is -0.375 e. The molecule has 0 unspecified atom stereocenters. The van der Waals surface area contributed by atoms with E-state index in [0.29, 0.717) is 0 Å². The zero-order valence-corrected chi connectivity index (χ0v) is 9.35. The van der Waals surface area contributed by atoms with Gasteiger partial charge in [-0.15, -0.1) is 0 Å². The third kappa shape index (κ3) is 2.01. The van der Waals surface area contributed by atoms with Crippen LogP contribution in [0.15, 0.2) is 22.7 Å².